The highest BCUT2D eigenvalue weighted by Gasteiger charge is 2.25. The molecule has 1 N–H and O–H groups in total. The fourth-order valence-corrected chi connectivity index (χ4v) is 5.69. The van der Waals surface area contributed by atoms with E-state index in [-0.39, 0.29) is 18.5 Å². The zero-order valence-electron chi connectivity index (χ0n) is 22.2. The molecule has 38 heavy (non-hydrogen) atoms. The highest BCUT2D eigenvalue weighted by atomic mass is 19.1. The van der Waals surface area contributed by atoms with E-state index < -0.39 is 0 Å². The number of phenolic OH excluding ortho intramolecular Hbond substituents is 1. The van der Waals surface area contributed by atoms with Gasteiger partial charge in [0.15, 0.2) is 0 Å². The lowest BCUT2D eigenvalue weighted by Gasteiger charge is -2.20. The number of aromatic hydroxyl groups is 1. The van der Waals surface area contributed by atoms with Crippen molar-refractivity contribution in [1.82, 2.24) is 4.90 Å². The molecule has 1 fully saturated rings. The van der Waals surface area contributed by atoms with Gasteiger partial charge in [-0.15, -0.1) is 0 Å². The molecule has 0 spiro atoms. The van der Waals surface area contributed by atoms with Crippen molar-refractivity contribution in [2.75, 3.05) is 40.5 Å². The number of alkyl halides is 1. The van der Waals surface area contributed by atoms with Crippen molar-refractivity contribution in [1.29, 1.82) is 0 Å². The average Bonchev–Trinajstić information content (AvgIpc) is 3.30. The number of methoxy groups -OCH3 is 2. The summed E-state index contributed by atoms with van der Waals surface area (Å²) in [6.45, 7) is 2.31. The normalized spacial score (nSPS) is 17.7. The predicted octanol–water partition coefficient (Wildman–Crippen LogP) is 6.52. The number of ether oxygens (including phenoxy) is 3. The van der Waals surface area contributed by atoms with E-state index in [1.807, 2.05) is 36.4 Å². The summed E-state index contributed by atoms with van der Waals surface area (Å²) >= 11 is 0. The van der Waals surface area contributed by atoms with Crippen LogP contribution in [0.5, 0.6) is 23.0 Å². The zero-order chi connectivity index (χ0) is 26.5. The minimum absolute atomic E-state index is 0.125. The molecule has 3 aromatic carbocycles. The summed E-state index contributed by atoms with van der Waals surface area (Å²) in [7, 11) is 3.35. The second-order valence-corrected chi connectivity index (χ2v) is 10.0. The van der Waals surface area contributed by atoms with E-state index in [1.54, 1.807) is 20.3 Å². The molecule has 1 aliphatic carbocycles. The van der Waals surface area contributed by atoms with E-state index in [0.29, 0.717) is 6.42 Å². The number of aryl methyl sites for hydroxylation is 1. The summed E-state index contributed by atoms with van der Waals surface area (Å²) in [5, 5.41) is 10.2. The minimum Gasteiger partial charge on any atom is -0.508 e. The Hall–Kier alpha value is -3.51. The van der Waals surface area contributed by atoms with Crippen LogP contribution in [0, 0.1) is 0 Å². The van der Waals surface area contributed by atoms with Crippen molar-refractivity contribution in [2.45, 2.75) is 38.2 Å². The molecule has 3 aromatic rings. The maximum atomic E-state index is 12.5. The molecular formula is C32H36FNO4. The number of benzene rings is 3. The predicted molar refractivity (Wildman–Crippen MR) is 149 cm³/mol. The Labute approximate surface area is 224 Å². The monoisotopic (exact) mass is 517 g/mol. The second-order valence-electron chi connectivity index (χ2n) is 10.0. The van der Waals surface area contributed by atoms with Gasteiger partial charge in [0.1, 0.15) is 29.1 Å². The van der Waals surface area contributed by atoms with Crippen LogP contribution in [0.2, 0.25) is 0 Å². The smallest absolute Gasteiger partial charge is 0.130 e. The molecule has 0 radical (unpaired) electrons. The first-order valence-corrected chi connectivity index (χ1v) is 13.4. The van der Waals surface area contributed by atoms with Crippen LogP contribution in [-0.4, -0.2) is 56.6 Å². The highest BCUT2D eigenvalue weighted by molar-refractivity contribution is 6.01. The van der Waals surface area contributed by atoms with Gasteiger partial charge in [0.25, 0.3) is 0 Å². The molecule has 0 saturated carbocycles. The third-order valence-electron chi connectivity index (χ3n) is 7.55. The summed E-state index contributed by atoms with van der Waals surface area (Å²) in [5.74, 6) is 2.66. The summed E-state index contributed by atoms with van der Waals surface area (Å²) < 4.78 is 30.1. The Morgan fingerprint density at radius 3 is 2.47 bits per heavy atom. The number of hydrogen-bond acceptors (Lipinski definition) is 5. The number of allylic oxidation sites excluding steroid dienone is 1. The number of halogens is 1. The Morgan fingerprint density at radius 1 is 0.921 bits per heavy atom. The van der Waals surface area contributed by atoms with E-state index >= 15 is 0 Å². The third-order valence-corrected chi connectivity index (χ3v) is 7.55. The van der Waals surface area contributed by atoms with Crippen LogP contribution in [0.1, 0.15) is 47.9 Å². The number of nitrogens with zero attached hydrogens (tertiary/aromatic N) is 1. The lowest BCUT2D eigenvalue weighted by Crippen LogP contribution is -2.26. The van der Waals surface area contributed by atoms with Gasteiger partial charge in [-0.3, -0.25) is 9.29 Å². The lowest BCUT2D eigenvalue weighted by atomic mass is 9.87. The maximum absolute atomic E-state index is 12.5. The second kappa shape index (κ2) is 11.9. The Morgan fingerprint density at radius 2 is 1.71 bits per heavy atom. The maximum Gasteiger partial charge on any atom is 0.130 e. The van der Waals surface area contributed by atoms with Crippen molar-refractivity contribution < 1.29 is 23.7 Å². The number of phenols is 1. The van der Waals surface area contributed by atoms with Crippen LogP contribution in [0.25, 0.3) is 11.1 Å². The Bertz CT molecular complexity index is 1290. The first kappa shape index (κ1) is 26.1. The quantitative estimate of drug-likeness (QED) is 0.350. The van der Waals surface area contributed by atoms with Crippen molar-refractivity contribution in [3.05, 3.63) is 82.9 Å². The van der Waals surface area contributed by atoms with Crippen LogP contribution in [0.3, 0.4) is 0 Å². The fourth-order valence-electron chi connectivity index (χ4n) is 5.69. The molecule has 6 heteroatoms. The van der Waals surface area contributed by atoms with E-state index in [0.717, 1.165) is 90.4 Å². The van der Waals surface area contributed by atoms with Gasteiger partial charge >= 0.3 is 0 Å². The van der Waals surface area contributed by atoms with E-state index in [1.165, 1.54) is 5.57 Å². The van der Waals surface area contributed by atoms with Crippen LogP contribution in [-0.2, 0) is 6.42 Å². The van der Waals surface area contributed by atoms with Gasteiger partial charge in [0.05, 0.1) is 20.9 Å². The van der Waals surface area contributed by atoms with E-state index in [2.05, 4.69) is 23.1 Å². The molecule has 0 amide bonds. The molecule has 0 unspecified atom stereocenters. The fraction of sp³-hybridized carbons (Fsp3) is 0.375. The van der Waals surface area contributed by atoms with Crippen LogP contribution < -0.4 is 14.2 Å². The number of fused-ring (bicyclic) bond motifs is 1. The molecule has 200 valence electrons. The standard InChI is InChI=1S/C32H36FNO4/c1-36-26-12-14-29(31(20-26)37-2)30-6-3-5-23-19-24(35)9-13-28(23)32(30)22-7-10-25(11-8-22)38-27-15-18-34(21-27)17-4-16-33/h7-14,19-20,27,35H,3-6,15-18,21H2,1-2H3/t27-/m0/s1. The molecule has 0 bridgehead atoms. The van der Waals surface area contributed by atoms with Gasteiger partial charge in [-0.05, 0) is 96.3 Å². The molecule has 0 aromatic heterocycles. The van der Waals surface area contributed by atoms with Gasteiger partial charge in [0.2, 0.25) is 0 Å². The highest BCUT2D eigenvalue weighted by Crippen LogP contribution is 2.44. The van der Waals surface area contributed by atoms with Gasteiger partial charge in [-0.25, -0.2) is 0 Å². The van der Waals surface area contributed by atoms with Crippen LogP contribution in [0.4, 0.5) is 4.39 Å². The molecule has 5 rings (SSSR count). The Kier molecular flexibility index (Phi) is 8.18. The first-order chi connectivity index (χ1) is 18.6. The van der Waals surface area contributed by atoms with Crippen molar-refractivity contribution in [3.8, 4) is 23.0 Å². The lowest BCUT2D eigenvalue weighted by molar-refractivity contribution is 0.198. The summed E-state index contributed by atoms with van der Waals surface area (Å²) in [6.07, 6.45) is 4.39. The van der Waals surface area contributed by atoms with Crippen LogP contribution in [0.15, 0.2) is 60.7 Å². The third kappa shape index (κ3) is 5.65. The van der Waals surface area contributed by atoms with E-state index in [9.17, 15) is 9.50 Å². The molecule has 1 heterocycles. The molecule has 2 aliphatic rings. The number of likely N-dealkylation sites (tertiary alicyclic amines) is 1. The zero-order valence-corrected chi connectivity index (χ0v) is 22.2. The van der Waals surface area contributed by atoms with Crippen LogP contribution >= 0.6 is 0 Å². The average molecular weight is 518 g/mol. The Balaban J connectivity index is 1.51. The summed E-state index contributed by atoms with van der Waals surface area (Å²) in [6, 6.07) is 20.0. The first-order valence-electron chi connectivity index (χ1n) is 13.4. The molecule has 1 aliphatic heterocycles. The number of rotatable bonds is 9. The van der Waals surface area contributed by atoms with Gasteiger partial charge < -0.3 is 19.3 Å². The van der Waals surface area contributed by atoms with Crippen molar-refractivity contribution in [2.24, 2.45) is 0 Å². The van der Waals surface area contributed by atoms with Crippen molar-refractivity contribution in [3.63, 3.8) is 0 Å². The van der Waals surface area contributed by atoms with E-state index in [4.69, 9.17) is 14.2 Å². The largest absolute Gasteiger partial charge is 0.508 e. The minimum atomic E-state index is -0.271. The molecule has 1 atom stereocenters. The summed E-state index contributed by atoms with van der Waals surface area (Å²) in [5.41, 5.74) is 6.76. The molecule has 1 saturated heterocycles. The van der Waals surface area contributed by atoms with Gasteiger partial charge in [-0.1, -0.05) is 18.2 Å². The molecule has 5 nitrogen and oxygen atoms in total. The van der Waals surface area contributed by atoms with Gasteiger partial charge in [0, 0.05) is 31.3 Å². The summed E-state index contributed by atoms with van der Waals surface area (Å²) in [4.78, 5) is 2.27. The topological polar surface area (TPSA) is 51.2 Å². The molecular weight excluding hydrogens is 481 g/mol. The SMILES string of the molecule is COc1ccc(C2=C(c3ccc(O[C@H]4CCN(CCCF)C4)cc3)c3ccc(O)cc3CCC2)c(OC)c1. The van der Waals surface area contributed by atoms with Gasteiger partial charge in [-0.2, -0.15) is 0 Å². The van der Waals surface area contributed by atoms with Crippen molar-refractivity contribution >= 4 is 11.1 Å². The number of hydrogen-bond donors (Lipinski definition) is 1.